The van der Waals surface area contributed by atoms with Crippen molar-refractivity contribution in [2.75, 3.05) is 31.1 Å². The summed E-state index contributed by atoms with van der Waals surface area (Å²) in [4.78, 5) is 6.98. The lowest BCUT2D eigenvalue weighted by molar-refractivity contribution is 0.384. The predicted octanol–water partition coefficient (Wildman–Crippen LogP) is 5.21. The first-order valence-corrected chi connectivity index (χ1v) is 12.7. The molecule has 0 saturated carbocycles. The van der Waals surface area contributed by atoms with Crippen LogP contribution >= 0.6 is 46.1 Å². The first kappa shape index (κ1) is 21.9. The number of anilines is 1. The van der Waals surface area contributed by atoms with Crippen molar-refractivity contribution in [3.8, 4) is 0 Å². The SMILES string of the molecule is O=S(=O)(c1ccccc1Cl)N1CCN(c2nc(Cc3ccc(Cl)c(Cl)c3)cs2)CC1. The van der Waals surface area contributed by atoms with E-state index in [0.717, 1.165) is 16.4 Å². The van der Waals surface area contributed by atoms with Crippen molar-refractivity contribution in [1.82, 2.24) is 9.29 Å². The molecule has 1 aliphatic heterocycles. The molecule has 5 nitrogen and oxygen atoms in total. The maximum atomic E-state index is 12.9. The molecular formula is C20H18Cl3N3O2S2. The van der Waals surface area contributed by atoms with Gasteiger partial charge in [-0.1, -0.05) is 53.0 Å². The number of halogens is 3. The second kappa shape index (κ2) is 9.02. The zero-order valence-corrected chi connectivity index (χ0v) is 19.7. The van der Waals surface area contributed by atoms with Crippen LogP contribution in [0.2, 0.25) is 15.1 Å². The molecule has 2 aromatic carbocycles. The maximum absolute atomic E-state index is 12.9. The minimum absolute atomic E-state index is 0.151. The van der Waals surface area contributed by atoms with Crippen molar-refractivity contribution in [3.63, 3.8) is 0 Å². The number of hydrogen-bond acceptors (Lipinski definition) is 5. The Kier molecular flexibility index (Phi) is 6.58. The maximum Gasteiger partial charge on any atom is 0.244 e. The molecule has 0 N–H and O–H groups in total. The zero-order chi connectivity index (χ0) is 21.3. The van der Waals surface area contributed by atoms with Crippen molar-refractivity contribution in [3.05, 3.63) is 74.2 Å². The number of benzene rings is 2. The highest BCUT2D eigenvalue weighted by Gasteiger charge is 2.30. The van der Waals surface area contributed by atoms with Gasteiger partial charge in [-0.2, -0.15) is 4.31 Å². The molecule has 1 aliphatic rings. The van der Waals surface area contributed by atoms with Gasteiger partial charge in [-0.15, -0.1) is 11.3 Å². The summed E-state index contributed by atoms with van der Waals surface area (Å²) in [5.41, 5.74) is 1.98. The third-order valence-electron chi connectivity index (χ3n) is 4.87. The highest BCUT2D eigenvalue weighted by Crippen LogP contribution is 2.29. The summed E-state index contributed by atoms with van der Waals surface area (Å²) < 4.78 is 27.3. The number of rotatable bonds is 5. The number of nitrogens with zero attached hydrogens (tertiary/aromatic N) is 3. The van der Waals surface area contributed by atoms with Gasteiger partial charge < -0.3 is 4.90 Å². The summed E-state index contributed by atoms with van der Waals surface area (Å²) in [6.45, 7) is 1.91. The highest BCUT2D eigenvalue weighted by molar-refractivity contribution is 7.89. The number of piperazine rings is 1. The molecule has 0 aliphatic carbocycles. The van der Waals surface area contributed by atoms with Gasteiger partial charge in [-0.05, 0) is 29.8 Å². The molecule has 10 heteroatoms. The monoisotopic (exact) mass is 501 g/mol. The minimum Gasteiger partial charge on any atom is -0.345 e. The molecular weight excluding hydrogens is 485 g/mol. The fraction of sp³-hybridized carbons (Fsp3) is 0.250. The second-order valence-electron chi connectivity index (χ2n) is 6.87. The molecule has 0 atom stereocenters. The summed E-state index contributed by atoms with van der Waals surface area (Å²) in [6.07, 6.45) is 0.661. The summed E-state index contributed by atoms with van der Waals surface area (Å²) in [7, 11) is -3.61. The van der Waals surface area contributed by atoms with Crippen molar-refractivity contribution < 1.29 is 8.42 Å². The van der Waals surface area contributed by atoms with Crippen LogP contribution in [0.4, 0.5) is 5.13 Å². The Morgan fingerprint density at radius 3 is 2.37 bits per heavy atom. The Balaban J connectivity index is 1.41. The van der Waals surface area contributed by atoms with Gasteiger partial charge in [0.15, 0.2) is 5.13 Å². The fourth-order valence-corrected chi connectivity index (χ4v) is 6.41. The van der Waals surface area contributed by atoms with E-state index in [9.17, 15) is 8.42 Å². The summed E-state index contributed by atoms with van der Waals surface area (Å²) in [5.74, 6) is 0. The van der Waals surface area contributed by atoms with E-state index in [1.807, 2.05) is 17.5 Å². The highest BCUT2D eigenvalue weighted by atomic mass is 35.5. The Morgan fingerprint density at radius 1 is 0.933 bits per heavy atom. The molecule has 0 bridgehead atoms. The van der Waals surface area contributed by atoms with Gasteiger partial charge in [0.1, 0.15) is 4.90 Å². The van der Waals surface area contributed by atoms with E-state index in [1.165, 1.54) is 4.31 Å². The Hall–Kier alpha value is -1.35. The van der Waals surface area contributed by atoms with Gasteiger partial charge in [0.25, 0.3) is 0 Å². The molecule has 1 fully saturated rings. The van der Waals surface area contributed by atoms with Crippen molar-refractivity contribution in [2.24, 2.45) is 0 Å². The van der Waals surface area contributed by atoms with Crippen molar-refractivity contribution in [2.45, 2.75) is 11.3 Å². The van der Waals surface area contributed by atoms with Crippen LogP contribution in [-0.4, -0.2) is 43.9 Å². The first-order valence-electron chi connectivity index (χ1n) is 9.22. The topological polar surface area (TPSA) is 53.5 Å². The van der Waals surface area contributed by atoms with E-state index < -0.39 is 10.0 Å². The van der Waals surface area contributed by atoms with Crippen LogP contribution in [0, 0.1) is 0 Å². The average molecular weight is 503 g/mol. The normalized spacial score (nSPS) is 15.5. The van der Waals surface area contributed by atoms with E-state index >= 15 is 0 Å². The van der Waals surface area contributed by atoms with Crippen molar-refractivity contribution in [1.29, 1.82) is 0 Å². The van der Waals surface area contributed by atoms with Crippen LogP contribution in [0.25, 0.3) is 0 Å². The number of thiazole rings is 1. The van der Waals surface area contributed by atoms with Gasteiger partial charge >= 0.3 is 0 Å². The third kappa shape index (κ3) is 4.61. The minimum atomic E-state index is -3.61. The first-order chi connectivity index (χ1) is 14.3. The van der Waals surface area contributed by atoms with Crippen molar-refractivity contribution >= 4 is 61.3 Å². The predicted molar refractivity (Wildman–Crippen MR) is 124 cm³/mol. The zero-order valence-electron chi connectivity index (χ0n) is 15.8. The van der Waals surface area contributed by atoms with Crippen LogP contribution in [0.15, 0.2) is 52.7 Å². The van der Waals surface area contributed by atoms with Gasteiger partial charge in [0.2, 0.25) is 10.0 Å². The Labute approximate surface area is 194 Å². The van der Waals surface area contributed by atoms with Gasteiger partial charge in [-0.25, -0.2) is 13.4 Å². The smallest absolute Gasteiger partial charge is 0.244 e. The van der Waals surface area contributed by atoms with Crippen LogP contribution in [0.5, 0.6) is 0 Å². The molecule has 1 saturated heterocycles. The molecule has 3 aromatic rings. The lowest BCUT2D eigenvalue weighted by Crippen LogP contribution is -2.48. The lowest BCUT2D eigenvalue weighted by atomic mass is 10.1. The molecule has 2 heterocycles. The number of aromatic nitrogens is 1. The van der Waals surface area contributed by atoms with Gasteiger partial charge in [0, 0.05) is 38.0 Å². The van der Waals surface area contributed by atoms with E-state index in [1.54, 1.807) is 41.7 Å². The second-order valence-corrected chi connectivity index (χ2v) is 10.8. The van der Waals surface area contributed by atoms with E-state index in [-0.39, 0.29) is 9.92 Å². The molecule has 30 heavy (non-hydrogen) atoms. The Bertz CT molecular complexity index is 1160. The summed E-state index contributed by atoms with van der Waals surface area (Å²) in [5, 5.41) is 4.21. The molecule has 4 rings (SSSR count). The van der Waals surface area contributed by atoms with Crippen LogP contribution in [0.3, 0.4) is 0 Å². The fourth-order valence-electron chi connectivity index (χ4n) is 3.29. The average Bonchev–Trinajstić information content (AvgIpc) is 3.19. The largest absolute Gasteiger partial charge is 0.345 e. The van der Waals surface area contributed by atoms with Gasteiger partial charge in [-0.3, -0.25) is 0 Å². The standard InChI is InChI=1S/C20H18Cl3N3O2S2/c21-16-6-5-14(12-18(16)23)11-15-13-29-20(24-15)25-7-9-26(10-8-25)30(27,28)19-4-2-1-3-17(19)22/h1-6,12-13H,7-11H2. The summed E-state index contributed by atoms with van der Waals surface area (Å²) >= 11 is 19.7. The lowest BCUT2D eigenvalue weighted by Gasteiger charge is -2.33. The Morgan fingerprint density at radius 2 is 1.67 bits per heavy atom. The van der Waals surface area contributed by atoms with E-state index in [2.05, 4.69) is 4.90 Å². The van der Waals surface area contributed by atoms with Crippen LogP contribution in [0.1, 0.15) is 11.3 Å². The molecule has 0 unspecified atom stereocenters. The van der Waals surface area contributed by atoms with Crippen LogP contribution in [-0.2, 0) is 16.4 Å². The number of sulfonamides is 1. The summed E-state index contributed by atoms with van der Waals surface area (Å²) in [6, 6.07) is 12.1. The quantitative estimate of drug-likeness (QED) is 0.481. The number of hydrogen-bond donors (Lipinski definition) is 0. The molecule has 1 aromatic heterocycles. The molecule has 0 radical (unpaired) electrons. The molecule has 158 valence electrons. The van der Waals surface area contributed by atoms with E-state index in [4.69, 9.17) is 39.8 Å². The van der Waals surface area contributed by atoms with E-state index in [0.29, 0.717) is 42.6 Å². The van der Waals surface area contributed by atoms with Gasteiger partial charge in [0.05, 0.1) is 20.8 Å². The molecule has 0 spiro atoms. The molecule has 0 amide bonds. The van der Waals surface area contributed by atoms with Crippen LogP contribution < -0.4 is 4.90 Å². The third-order valence-corrected chi connectivity index (χ3v) is 8.96.